The molecule has 0 unspecified atom stereocenters. The summed E-state index contributed by atoms with van der Waals surface area (Å²) in [6.45, 7) is 9.64. The molecule has 0 fully saturated rings. The summed E-state index contributed by atoms with van der Waals surface area (Å²) >= 11 is 1.28. The first-order valence-corrected chi connectivity index (χ1v) is 12.3. The highest BCUT2D eigenvalue weighted by atomic mass is 32.2. The molecule has 0 saturated carbocycles. The third-order valence-electron chi connectivity index (χ3n) is 5.76. The molecule has 3 aromatic rings. The SMILES string of the molecule is COc1ccc(NC(=O)C(C)(C)N(Cc2ccccc2C)C(=O)CSc2nc(C)cc(C)n2)cc1. The number of carbonyl (C=O) groups is 2. The molecule has 0 atom stereocenters. The zero-order valence-electron chi connectivity index (χ0n) is 21.1. The molecule has 184 valence electrons. The summed E-state index contributed by atoms with van der Waals surface area (Å²) in [5, 5.41) is 3.49. The van der Waals surface area contributed by atoms with Crippen LogP contribution in [0, 0.1) is 20.8 Å². The Morgan fingerprint density at radius 2 is 1.63 bits per heavy atom. The van der Waals surface area contributed by atoms with Crippen LogP contribution >= 0.6 is 11.8 Å². The first-order valence-electron chi connectivity index (χ1n) is 11.4. The van der Waals surface area contributed by atoms with Crippen LogP contribution < -0.4 is 10.1 Å². The maximum Gasteiger partial charge on any atom is 0.249 e. The van der Waals surface area contributed by atoms with Crippen LogP contribution in [0.5, 0.6) is 5.75 Å². The van der Waals surface area contributed by atoms with E-state index in [0.29, 0.717) is 23.1 Å². The molecule has 3 rings (SSSR count). The molecule has 1 aromatic heterocycles. The van der Waals surface area contributed by atoms with E-state index < -0.39 is 5.54 Å². The van der Waals surface area contributed by atoms with Gasteiger partial charge in [-0.2, -0.15) is 0 Å². The van der Waals surface area contributed by atoms with Crippen molar-refractivity contribution in [1.82, 2.24) is 14.9 Å². The zero-order chi connectivity index (χ0) is 25.6. The summed E-state index contributed by atoms with van der Waals surface area (Å²) in [5.74, 6) is 0.367. The number of carbonyl (C=O) groups excluding carboxylic acids is 2. The summed E-state index contributed by atoms with van der Waals surface area (Å²) in [7, 11) is 1.59. The second-order valence-corrected chi connectivity index (χ2v) is 9.81. The van der Waals surface area contributed by atoms with Gasteiger partial charge in [0.05, 0.1) is 12.9 Å². The number of aromatic nitrogens is 2. The lowest BCUT2D eigenvalue weighted by molar-refractivity contribution is -0.142. The van der Waals surface area contributed by atoms with Crippen molar-refractivity contribution in [3.63, 3.8) is 0 Å². The lowest BCUT2D eigenvalue weighted by Gasteiger charge is -2.37. The van der Waals surface area contributed by atoms with E-state index in [9.17, 15) is 9.59 Å². The van der Waals surface area contributed by atoms with Gasteiger partial charge in [0, 0.05) is 23.6 Å². The molecule has 7 nitrogen and oxygen atoms in total. The van der Waals surface area contributed by atoms with E-state index in [0.717, 1.165) is 22.5 Å². The molecule has 35 heavy (non-hydrogen) atoms. The second-order valence-electron chi connectivity index (χ2n) is 8.87. The Labute approximate surface area is 211 Å². The van der Waals surface area contributed by atoms with Gasteiger partial charge in [-0.3, -0.25) is 9.59 Å². The van der Waals surface area contributed by atoms with Crippen LogP contribution in [0.25, 0.3) is 0 Å². The molecule has 0 bridgehead atoms. The monoisotopic (exact) mass is 492 g/mol. The number of thioether (sulfide) groups is 1. The molecule has 0 saturated heterocycles. The van der Waals surface area contributed by atoms with Crippen molar-refractivity contribution in [2.45, 2.75) is 51.9 Å². The third-order valence-corrected chi connectivity index (χ3v) is 6.59. The van der Waals surface area contributed by atoms with Crippen molar-refractivity contribution in [2.24, 2.45) is 0 Å². The van der Waals surface area contributed by atoms with E-state index >= 15 is 0 Å². The molecule has 8 heteroatoms. The summed E-state index contributed by atoms with van der Waals surface area (Å²) in [5.41, 5.74) is 3.25. The summed E-state index contributed by atoms with van der Waals surface area (Å²) in [4.78, 5) is 37.4. The van der Waals surface area contributed by atoms with E-state index in [1.807, 2.05) is 51.1 Å². The number of rotatable bonds is 9. The maximum absolute atomic E-state index is 13.5. The molecule has 2 amide bonds. The number of nitrogens with one attached hydrogen (secondary N) is 1. The molecule has 0 aliphatic heterocycles. The van der Waals surface area contributed by atoms with Gasteiger partial charge in [0.25, 0.3) is 0 Å². The van der Waals surface area contributed by atoms with E-state index in [4.69, 9.17) is 4.74 Å². The van der Waals surface area contributed by atoms with Crippen molar-refractivity contribution in [1.29, 1.82) is 0 Å². The lowest BCUT2D eigenvalue weighted by Crippen LogP contribution is -2.55. The highest BCUT2D eigenvalue weighted by molar-refractivity contribution is 7.99. The molecule has 1 heterocycles. The van der Waals surface area contributed by atoms with E-state index in [1.54, 1.807) is 50.1 Å². The molecule has 0 spiro atoms. The van der Waals surface area contributed by atoms with Crippen LogP contribution in [-0.2, 0) is 16.1 Å². The van der Waals surface area contributed by atoms with Crippen molar-refractivity contribution in [2.75, 3.05) is 18.2 Å². The minimum absolute atomic E-state index is 0.119. The molecule has 0 aliphatic rings. The van der Waals surface area contributed by atoms with E-state index in [1.165, 1.54) is 11.8 Å². The quantitative estimate of drug-likeness (QED) is 0.336. The van der Waals surface area contributed by atoms with E-state index in [2.05, 4.69) is 15.3 Å². The summed E-state index contributed by atoms with van der Waals surface area (Å²) in [6, 6.07) is 16.9. The van der Waals surface area contributed by atoms with Gasteiger partial charge in [-0.25, -0.2) is 9.97 Å². The second kappa shape index (κ2) is 11.4. The first-order chi connectivity index (χ1) is 16.6. The number of aryl methyl sites for hydroxylation is 3. The summed E-state index contributed by atoms with van der Waals surface area (Å²) < 4.78 is 5.19. The molecule has 0 aliphatic carbocycles. The van der Waals surface area contributed by atoms with Gasteiger partial charge in [0.15, 0.2) is 5.16 Å². The van der Waals surface area contributed by atoms with Crippen LogP contribution in [0.1, 0.15) is 36.4 Å². The van der Waals surface area contributed by atoms with Crippen LogP contribution in [0.15, 0.2) is 59.8 Å². The van der Waals surface area contributed by atoms with Crippen molar-refractivity contribution >= 4 is 29.3 Å². The van der Waals surface area contributed by atoms with Crippen molar-refractivity contribution in [3.8, 4) is 5.75 Å². The number of amides is 2. The topological polar surface area (TPSA) is 84.4 Å². The first kappa shape index (κ1) is 26.2. The Hall–Kier alpha value is -3.39. The van der Waals surface area contributed by atoms with Crippen LogP contribution in [0.4, 0.5) is 5.69 Å². The fourth-order valence-electron chi connectivity index (χ4n) is 3.60. The molecule has 0 radical (unpaired) electrons. The average Bonchev–Trinajstić information content (AvgIpc) is 2.81. The molecule has 2 aromatic carbocycles. The number of anilines is 1. The zero-order valence-corrected chi connectivity index (χ0v) is 21.9. The largest absolute Gasteiger partial charge is 0.497 e. The molecular weight excluding hydrogens is 460 g/mol. The van der Waals surface area contributed by atoms with Gasteiger partial charge in [0.2, 0.25) is 11.8 Å². The Balaban J connectivity index is 1.84. The van der Waals surface area contributed by atoms with Crippen molar-refractivity contribution in [3.05, 3.63) is 77.1 Å². The minimum Gasteiger partial charge on any atom is -0.497 e. The third kappa shape index (κ3) is 6.82. The van der Waals surface area contributed by atoms with Crippen LogP contribution in [0.3, 0.4) is 0 Å². The van der Waals surface area contributed by atoms with Gasteiger partial charge in [0.1, 0.15) is 11.3 Å². The number of hydrogen-bond donors (Lipinski definition) is 1. The van der Waals surface area contributed by atoms with Crippen LogP contribution in [0.2, 0.25) is 0 Å². The fraction of sp³-hybridized carbons (Fsp3) is 0.333. The minimum atomic E-state index is -1.12. The smallest absolute Gasteiger partial charge is 0.249 e. The molecule has 1 N–H and O–H groups in total. The van der Waals surface area contributed by atoms with Crippen LogP contribution in [-0.4, -0.2) is 45.1 Å². The number of benzene rings is 2. The van der Waals surface area contributed by atoms with E-state index in [-0.39, 0.29) is 17.6 Å². The number of ether oxygens (including phenoxy) is 1. The normalized spacial score (nSPS) is 11.1. The predicted molar refractivity (Wildman–Crippen MR) is 140 cm³/mol. The van der Waals surface area contributed by atoms with Crippen molar-refractivity contribution < 1.29 is 14.3 Å². The number of hydrogen-bond acceptors (Lipinski definition) is 6. The maximum atomic E-state index is 13.5. The standard InChI is InChI=1S/C27H32N4O3S/c1-18-9-7-8-10-21(18)16-31(24(32)17-35-26-28-19(2)15-20(3)29-26)27(4,5)25(33)30-22-11-13-23(34-6)14-12-22/h7-15H,16-17H2,1-6H3,(H,30,33). The summed E-state index contributed by atoms with van der Waals surface area (Å²) in [6.07, 6.45) is 0. The van der Waals surface area contributed by atoms with Gasteiger partial charge in [-0.1, -0.05) is 36.0 Å². The highest BCUT2D eigenvalue weighted by Gasteiger charge is 2.38. The Morgan fingerprint density at radius 3 is 2.23 bits per heavy atom. The van der Waals surface area contributed by atoms with Gasteiger partial charge >= 0.3 is 0 Å². The Bertz CT molecular complexity index is 1180. The Morgan fingerprint density at radius 1 is 1.00 bits per heavy atom. The fourth-order valence-corrected chi connectivity index (χ4v) is 4.42. The van der Waals surface area contributed by atoms with Gasteiger partial charge in [-0.15, -0.1) is 0 Å². The number of nitrogens with zero attached hydrogens (tertiary/aromatic N) is 3. The highest BCUT2D eigenvalue weighted by Crippen LogP contribution is 2.25. The molecular formula is C27H32N4O3S. The van der Waals surface area contributed by atoms with Gasteiger partial charge in [-0.05, 0) is 76.1 Å². The Kier molecular flexibility index (Phi) is 8.51. The predicted octanol–water partition coefficient (Wildman–Crippen LogP) is 4.95. The lowest BCUT2D eigenvalue weighted by atomic mass is 9.98. The van der Waals surface area contributed by atoms with Gasteiger partial charge < -0.3 is 15.0 Å². The average molecular weight is 493 g/mol. The number of methoxy groups -OCH3 is 1.